The predicted molar refractivity (Wildman–Crippen MR) is 113 cm³/mol. The summed E-state index contributed by atoms with van der Waals surface area (Å²) in [6.45, 7) is 0. The second-order valence-corrected chi connectivity index (χ2v) is 6.77. The van der Waals surface area contributed by atoms with Crippen LogP contribution < -0.4 is 10.6 Å². The highest BCUT2D eigenvalue weighted by molar-refractivity contribution is 6.31. The van der Waals surface area contributed by atoms with Gasteiger partial charge in [0.15, 0.2) is 0 Å². The molecule has 7 nitrogen and oxygen atoms in total. The first kappa shape index (κ1) is 19.5. The molecule has 30 heavy (non-hydrogen) atoms. The van der Waals surface area contributed by atoms with Crippen molar-refractivity contribution in [3.63, 3.8) is 0 Å². The first-order chi connectivity index (χ1) is 14.6. The van der Waals surface area contributed by atoms with Crippen LogP contribution in [0.3, 0.4) is 0 Å². The molecule has 0 unspecified atom stereocenters. The lowest BCUT2D eigenvalue weighted by Crippen LogP contribution is -2.15. The Morgan fingerprint density at radius 3 is 2.63 bits per heavy atom. The van der Waals surface area contributed by atoms with Crippen molar-refractivity contribution in [2.24, 2.45) is 0 Å². The minimum Gasteiger partial charge on any atom is -0.340 e. The molecule has 9 heteroatoms. The van der Waals surface area contributed by atoms with Crippen LogP contribution in [0.2, 0.25) is 5.02 Å². The summed E-state index contributed by atoms with van der Waals surface area (Å²) < 4.78 is 15.6. The summed E-state index contributed by atoms with van der Waals surface area (Å²) in [6, 6.07) is 13.2. The molecule has 0 aliphatic carbocycles. The van der Waals surface area contributed by atoms with Crippen LogP contribution in [-0.4, -0.2) is 25.4 Å². The van der Waals surface area contributed by atoms with Crippen molar-refractivity contribution < 1.29 is 9.18 Å². The Kier molecular flexibility index (Phi) is 5.67. The number of hydrogen-bond donors (Lipinski definition) is 2. The van der Waals surface area contributed by atoms with E-state index in [1.165, 1.54) is 18.5 Å². The van der Waals surface area contributed by atoms with E-state index in [2.05, 4.69) is 25.6 Å². The topological polar surface area (TPSA) is 84.7 Å². The van der Waals surface area contributed by atoms with Crippen LogP contribution in [0.5, 0.6) is 0 Å². The van der Waals surface area contributed by atoms with E-state index in [0.717, 1.165) is 5.69 Å². The van der Waals surface area contributed by atoms with Crippen LogP contribution >= 0.6 is 11.6 Å². The zero-order valence-electron chi connectivity index (χ0n) is 15.6. The molecule has 2 heterocycles. The van der Waals surface area contributed by atoms with Gasteiger partial charge >= 0.3 is 0 Å². The number of nitrogens with one attached hydrogen (secondary N) is 2. The number of imidazole rings is 1. The molecule has 2 aromatic carbocycles. The number of anilines is 3. The lowest BCUT2D eigenvalue weighted by Gasteiger charge is -2.10. The molecule has 0 atom stereocenters. The summed E-state index contributed by atoms with van der Waals surface area (Å²) in [7, 11) is 0. The Hall–Kier alpha value is -3.78. The van der Waals surface area contributed by atoms with Crippen LogP contribution in [0.25, 0.3) is 5.82 Å². The summed E-state index contributed by atoms with van der Waals surface area (Å²) in [5.41, 5.74) is 1.53. The van der Waals surface area contributed by atoms with Crippen LogP contribution in [0.15, 0.2) is 73.6 Å². The Morgan fingerprint density at radius 1 is 1.10 bits per heavy atom. The maximum Gasteiger partial charge on any atom is 0.228 e. The number of nitrogens with zero attached hydrogens (tertiary/aromatic N) is 4. The lowest BCUT2D eigenvalue weighted by molar-refractivity contribution is -0.115. The van der Waals surface area contributed by atoms with Crippen molar-refractivity contribution in [1.29, 1.82) is 0 Å². The fourth-order valence-electron chi connectivity index (χ4n) is 2.80. The summed E-state index contributed by atoms with van der Waals surface area (Å²) in [5, 5.41) is 6.14. The van der Waals surface area contributed by atoms with Crippen LogP contribution in [0.1, 0.15) is 5.56 Å². The highest BCUT2D eigenvalue weighted by Gasteiger charge is 2.12. The Morgan fingerprint density at radius 2 is 1.90 bits per heavy atom. The molecule has 4 rings (SSSR count). The molecule has 2 aromatic heterocycles. The number of benzene rings is 2. The first-order valence-corrected chi connectivity index (χ1v) is 9.36. The highest BCUT2D eigenvalue weighted by Crippen LogP contribution is 2.21. The van der Waals surface area contributed by atoms with Crippen molar-refractivity contribution in [2.75, 3.05) is 10.6 Å². The van der Waals surface area contributed by atoms with Gasteiger partial charge in [-0.1, -0.05) is 17.7 Å². The number of carbonyl (C=O) groups excluding carboxylic acids is 1. The van der Waals surface area contributed by atoms with Gasteiger partial charge in [0.1, 0.15) is 30.1 Å². The van der Waals surface area contributed by atoms with E-state index in [4.69, 9.17) is 11.6 Å². The molecular weight excluding hydrogens is 407 g/mol. The zero-order chi connectivity index (χ0) is 20.9. The quantitative estimate of drug-likeness (QED) is 0.481. The first-order valence-electron chi connectivity index (χ1n) is 8.99. The van der Waals surface area contributed by atoms with Gasteiger partial charge in [0.25, 0.3) is 0 Å². The second kappa shape index (κ2) is 8.71. The molecule has 0 saturated carbocycles. The molecule has 0 spiro atoms. The molecule has 150 valence electrons. The number of rotatable bonds is 6. The highest BCUT2D eigenvalue weighted by atomic mass is 35.5. The van der Waals surface area contributed by atoms with E-state index in [0.29, 0.717) is 17.3 Å². The second-order valence-electron chi connectivity index (χ2n) is 6.36. The average molecular weight is 423 g/mol. The fourth-order valence-corrected chi connectivity index (χ4v) is 3.03. The van der Waals surface area contributed by atoms with Crippen LogP contribution in [0.4, 0.5) is 21.6 Å². The third-order valence-corrected chi connectivity index (χ3v) is 4.62. The lowest BCUT2D eigenvalue weighted by atomic mass is 10.1. The average Bonchev–Trinajstić information content (AvgIpc) is 3.28. The van der Waals surface area contributed by atoms with Gasteiger partial charge in [-0.25, -0.2) is 19.3 Å². The van der Waals surface area contributed by atoms with Crippen molar-refractivity contribution in [1.82, 2.24) is 19.5 Å². The summed E-state index contributed by atoms with van der Waals surface area (Å²) in [6.07, 6.45) is 6.42. The van der Waals surface area contributed by atoms with Crippen molar-refractivity contribution in [3.8, 4) is 5.82 Å². The minimum absolute atomic E-state index is 0.149. The molecule has 0 bridgehead atoms. The monoisotopic (exact) mass is 422 g/mol. The number of amides is 1. The third kappa shape index (κ3) is 4.61. The SMILES string of the molecule is O=C(Cc1c(F)cccc1Cl)Nc1ccc(Nc2cc(-n3ccnc3)ncn2)cc1. The summed E-state index contributed by atoms with van der Waals surface area (Å²) in [5.74, 6) is 0.431. The molecular formula is C21H16ClFN6O. The Labute approximate surface area is 176 Å². The normalized spacial score (nSPS) is 10.6. The van der Waals surface area contributed by atoms with E-state index in [1.54, 1.807) is 59.7 Å². The van der Waals surface area contributed by atoms with Gasteiger partial charge in [-0.05, 0) is 36.4 Å². The van der Waals surface area contributed by atoms with Crippen LogP contribution in [-0.2, 0) is 11.2 Å². The largest absolute Gasteiger partial charge is 0.340 e. The summed E-state index contributed by atoms with van der Waals surface area (Å²) >= 11 is 5.97. The molecule has 0 aliphatic rings. The molecule has 2 N–H and O–H groups in total. The maximum absolute atomic E-state index is 13.8. The number of halogens is 2. The van der Waals surface area contributed by atoms with Gasteiger partial charge in [-0.15, -0.1) is 0 Å². The third-order valence-electron chi connectivity index (χ3n) is 4.26. The van der Waals surface area contributed by atoms with Crippen molar-refractivity contribution in [2.45, 2.75) is 6.42 Å². The molecule has 0 radical (unpaired) electrons. The van der Waals surface area contributed by atoms with Crippen molar-refractivity contribution >= 4 is 34.7 Å². The smallest absolute Gasteiger partial charge is 0.228 e. The van der Waals surface area contributed by atoms with Crippen molar-refractivity contribution in [3.05, 3.63) is 90.0 Å². The molecule has 1 amide bonds. The zero-order valence-corrected chi connectivity index (χ0v) is 16.3. The molecule has 0 fully saturated rings. The van der Waals surface area contributed by atoms with Gasteiger partial charge in [-0.3, -0.25) is 9.36 Å². The standard InChI is InChI=1S/C21H16ClFN6O/c22-17-2-1-3-18(23)16(17)10-21(30)28-15-6-4-14(5-7-15)27-19-11-20(26-12-25-19)29-9-8-24-13-29/h1-9,11-13H,10H2,(H,28,30)(H,25,26,27). The van der Waals surface area contributed by atoms with E-state index in [9.17, 15) is 9.18 Å². The van der Waals surface area contributed by atoms with Crippen LogP contribution in [0, 0.1) is 5.82 Å². The molecule has 0 saturated heterocycles. The van der Waals surface area contributed by atoms with Gasteiger partial charge in [0.05, 0.1) is 6.42 Å². The number of hydrogen-bond acceptors (Lipinski definition) is 5. The fraction of sp³-hybridized carbons (Fsp3) is 0.0476. The van der Waals surface area contributed by atoms with E-state index >= 15 is 0 Å². The van der Waals surface area contributed by atoms with E-state index in [1.807, 2.05) is 0 Å². The van der Waals surface area contributed by atoms with Gasteiger partial charge in [-0.2, -0.15) is 0 Å². The Balaban J connectivity index is 1.40. The predicted octanol–water partition coefficient (Wildman–Crippen LogP) is 4.38. The van der Waals surface area contributed by atoms with Gasteiger partial charge in [0, 0.05) is 40.4 Å². The molecule has 0 aliphatic heterocycles. The van der Waals surface area contributed by atoms with E-state index in [-0.39, 0.29) is 22.9 Å². The molecule has 4 aromatic rings. The van der Waals surface area contributed by atoms with Gasteiger partial charge < -0.3 is 10.6 Å². The number of aromatic nitrogens is 4. The van der Waals surface area contributed by atoms with Gasteiger partial charge in [0.2, 0.25) is 5.91 Å². The Bertz CT molecular complexity index is 1140. The summed E-state index contributed by atoms with van der Waals surface area (Å²) in [4.78, 5) is 24.6. The minimum atomic E-state index is -0.503. The maximum atomic E-state index is 13.8. The van der Waals surface area contributed by atoms with E-state index < -0.39 is 5.82 Å². The number of carbonyl (C=O) groups is 1.